The highest BCUT2D eigenvalue weighted by Crippen LogP contribution is 2.53. The van der Waals surface area contributed by atoms with E-state index >= 15 is 0 Å². The van der Waals surface area contributed by atoms with Crippen molar-refractivity contribution in [1.82, 2.24) is 0 Å². The lowest BCUT2D eigenvalue weighted by atomic mass is 9.82. The van der Waals surface area contributed by atoms with Crippen LogP contribution >= 0.6 is 0 Å². The Bertz CT molecular complexity index is 310. The first-order chi connectivity index (χ1) is 6.68. The molecule has 3 rings (SSSR count). The van der Waals surface area contributed by atoms with Gasteiger partial charge >= 0.3 is 5.97 Å². The molecule has 6 atom stereocenters. The highest BCUT2D eigenvalue weighted by molar-refractivity contribution is 5.76. The third kappa shape index (κ3) is 0.883. The number of ether oxygens (including phenoxy) is 1. The standard InChI is InChI=1S/C11H14O3/c1-5-2-3-6-4-7(5)9-8(6)10(12)14-11(9)13/h2-3,5-10,12H,4H2,1H3. The molecular formula is C11H14O3. The Balaban J connectivity index is 2.01. The minimum absolute atomic E-state index is 0.0219. The van der Waals surface area contributed by atoms with Crippen LogP contribution in [-0.2, 0) is 9.53 Å². The van der Waals surface area contributed by atoms with E-state index in [4.69, 9.17) is 4.74 Å². The van der Waals surface area contributed by atoms with Crippen LogP contribution in [0.15, 0.2) is 12.2 Å². The van der Waals surface area contributed by atoms with E-state index in [0.29, 0.717) is 17.8 Å². The molecule has 0 aromatic heterocycles. The third-order valence-electron chi connectivity index (χ3n) is 4.09. The molecule has 3 nitrogen and oxygen atoms in total. The van der Waals surface area contributed by atoms with Crippen LogP contribution in [-0.4, -0.2) is 17.4 Å². The van der Waals surface area contributed by atoms with Crippen LogP contribution in [0.3, 0.4) is 0 Å². The molecule has 0 spiro atoms. The summed E-state index contributed by atoms with van der Waals surface area (Å²) in [7, 11) is 0. The number of carbonyl (C=O) groups excluding carboxylic acids is 1. The van der Waals surface area contributed by atoms with Gasteiger partial charge in [-0.05, 0) is 24.2 Å². The Kier molecular flexibility index (Phi) is 1.57. The lowest BCUT2D eigenvalue weighted by Crippen LogP contribution is -2.22. The van der Waals surface area contributed by atoms with E-state index in [-0.39, 0.29) is 17.8 Å². The lowest BCUT2D eigenvalue weighted by molar-refractivity contribution is -0.159. The molecule has 2 fully saturated rings. The molecule has 3 heteroatoms. The fourth-order valence-electron chi connectivity index (χ4n) is 3.38. The number of fused-ring (bicyclic) bond motifs is 5. The van der Waals surface area contributed by atoms with Gasteiger partial charge in [-0.3, -0.25) is 4.79 Å². The Morgan fingerprint density at radius 3 is 3.07 bits per heavy atom. The van der Waals surface area contributed by atoms with Crippen molar-refractivity contribution in [3.63, 3.8) is 0 Å². The molecule has 1 heterocycles. The van der Waals surface area contributed by atoms with Crippen LogP contribution in [0.1, 0.15) is 13.3 Å². The molecule has 1 saturated heterocycles. The lowest BCUT2D eigenvalue weighted by Gasteiger charge is -2.22. The monoisotopic (exact) mass is 194 g/mol. The number of rotatable bonds is 0. The molecule has 0 aromatic carbocycles. The molecule has 6 unspecified atom stereocenters. The van der Waals surface area contributed by atoms with E-state index in [1.54, 1.807) is 0 Å². The maximum absolute atomic E-state index is 11.5. The van der Waals surface area contributed by atoms with E-state index in [1.807, 2.05) is 0 Å². The minimum atomic E-state index is -0.863. The number of hydrogen-bond donors (Lipinski definition) is 1. The molecule has 3 aliphatic rings. The van der Waals surface area contributed by atoms with E-state index in [0.717, 1.165) is 6.42 Å². The molecular weight excluding hydrogens is 180 g/mol. The van der Waals surface area contributed by atoms with Crippen LogP contribution in [0.4, 0.5) is 0 Å². The Morgan fingerprint density at radius 2 is 2.29 bits per heavy atom. The first kappa shape index (κ1) is 8.48. The molecule has 0 aromatic rings. The predicted molar refractivity (Wildman–Crippen MR) is 49.0 cm³/mol. The summed E-state index contributed by atoms with van der Waals surface area (Å²) in [5, 5.41) is 9.63. The maximum atomic E-state index is 11.5. The number of cyclic esters (lactones) is 1. The van der Waals surface area contributed by atoms with Crippen molar-refractivity contribution >= 4 is 5.97 Å². The average Bonchev–Trinajstić information content (AvgIpc) is 2.60. The number of allylic oxidation sites excluding steroid dienone is 2. The third-order valence-corrected chi connectivity index (χ3v) is 4.09. The Labute approximate surface area is 82.8 Å². The van der Waals surface area contributed by atoms with Crippen molar-refractivity contribution in [3.8, 4) is 0 Å². The smallest absolute Gasteiger partial charge is 0.312 e. The molecule has 14 heavy (non-hydrogen) atoms. The first-order valence-electron chi connectivity index (χ1n) is 5.25. The normalized spacial score (nSPS) is 54.6. The quantitative estimate of drug-likeness (QED) is 0.461. The fraction of sp³-hybridized carbons (Fsp3) is 0.727. The Morgan fingerprint density at radius 1 is 1.50 bits per heavy atom. The molecule has 1 N–H and O–H groups in total. The fourth-order valence-corrected chi connectivity index (χ4v) is 3.38. The van der Waals surface area contributed by atoms with Crippen molar-refractivity contribution in [2.45, 2.75) is 19.6 Å². The van der Waals surface area contributed by atoms with Crippen molar-refractivity contribution in [3.05, 3.63) is 12.2 Å². The van der Waals surface area contributed by atoms with E-state index < -0.39 is 6.29 Å². The van der Waals surface area contributed by atoms with Crippen molar-refractivity contribution < 1.29 is 14.6 Å². The predicted octanol–water partition coefficient (Wildman–Crippen LogP) is 0.936. The van der Waals surface area contributed by atoms with Crippen molar-refractivity contribution in [2.75, 3.05) is 0 Å². The zero-order valence-corrected chi connectivity index (χ0v) is 8.09. The SMILES string of the molecule is CC1C=CC2CC1C1C(=O)OC(O)C21. The van der Waals surface area contributed by atoms with Gasteiger partial charge in [-0.15, -0.1) is 0 Å². The highest BCUT2D eigenvalue weighted by atomic mass is 16.6. The largest absolute Gasteiger partial charge is 0.435 e. The first-order valence-corrected chi connectivity index (χ1v) is 5.25. The summed E-state index contributed by atoms with van der Waals surface area (Å²) >= 11 is 0. The summed E-state index contributed by atoms with van der Waals surface area (Å²) in [5.74, 6) is 0.959. The number of aliphatic hydroxyl groups excluding tert-OH is 1. The van der Waals surface area contributed by atoms with Crippen LogP contribution < -0.4 is 0 Å². The maximum Gasteiger partial charge on any atom is 0.312 e. The topological polar surface area (TPSA) is 46.5 Å². The van der Waals surface area contributed by atoms with Crippen LogP contribution in [0.2, 0.25) is 0 Å². The zero-order chi connectivity index (χ0) is 9.87. The van der Waals surface area contributed by atoms with Gasteiger partial charge in [-0.1, -0.05) is 19.1 Å². The van der Waals surface area contributed by atoms with Gasteiger partial charge in [0.2, 0.25) is 6.29 Å². The second-order valence-electron chi connectivity index (χ2n) is 4.74. The van der Waals surface area contributed by atoms with Gasteiger partial charge in [0, 0.05) is 5.92 Å². The van der Waals surface area contributed by atoms with Crippen molar-refractivity contribution in [1.29, 1.82) is 0 Å². The molecule has 2 bridgehead atoms. The number of aliphatic hydroxyl groups is 1. The summed E-state index contributed by atoms with van der Waals surface area (Å²) in [6, 6.07) is 0. The van der Waals surface area contributed by atoms with Crippen LogP contribution in [0.5, 0.6) is 0 Å². The van der Waals surface area contributed by atoms with Gasteiger partial charge in [-0.25, -0.2) is 0 Å². The zero-order valence-electron chi connectivity index (χ0n) is 8.09. The number of esters is 1. The summed E-state index contributed by atoms with van der Waals surface area (Å²) in [5.41, 5.74) is 0. The molecule has 76 valence electrons. The summed E-state index contributed by atoms with van der Waals surface area (Å²) < 4.78 is 4.90. The number of carbonyl (C=O) groups is 1. The number of hydrogen-bond acceptors (Lipinski definition) is 3. The summed E-state index contributed by atoms with van der Waals surface area (Å²) in [6.45, 7) is 2.14. The van der Waals surface area contributed by atoms with Crippen molar-refractivity contribution in [2.24, 2.45) is 29.6 Å². The van der Waals surface area contributed by atoms with E-state index in [9.17, 15) is 9.90 Å². The van der Waals surface area contributed by atoms with Crippen LogP contribution in [0, 0.1) is 29.6 Å². The highest BCUT2D eigenvalue weighted by Gasteiger charge is 2.57. The molecule has 0 amide bonds. The minimum Gasteiger partial charge on any atom is -0.435 e. The van der Waals surface area contributed by atoms with E-state index in [1.165, 1.54) is 0 Å². The second-order valence-corrected chi connectivity index (χ2v) is 4.74. The van der Waals surface area contributed by atoms with Gasteiger partial charge in [0.25, 0.3) is 0 Å². The Hall–Kier alpha value is -0.830. The second kappa shape index (κ2) is 2.60. The van der Waals surface area contributed by atoms with Gasteiger partial charge < -0.3 is 9.84 Å². The van der Waals surface area contributed by atoms with Crippen LogP contribution in [0.25, 0.3) is 0 Å². The summed E-state index contributed by atoms with van der Waals surface area (Å²) in [6.07, 6.45) is 4.50. The van der Waals surface area contributed by atoms with E-state index in [2.05, 4.69) is 19.1 Å². The molecule has 2 aliphatic carbocycles. The van der Waals surface area contributed by atoms with Gasteiger partial charge in [0.1, 0.15) is 0 Å². The average molecular weight is 194 g/mol. The van der Waals surface area contributed by atoms with Gasteiger partial charge in [0.15, 0.2) is 0 Å². The molecule has 1 saturated carbocycles. The summed E-state index contributed by atoms with van der Waals surface area (Å²) in [4.78, 5) is 11.5. The molecule has 0 radical (unpaired) electrons. The van der Waals surface area contributed by atoms with Gasteiger partial charge in [-0.2, -0.15) is 0 Å². The van der Waals surface area contributed by atoms with Gasteiger partial charge in [0.05, 0.1) is 5.92 Å². The molecule has 1 aliphatic heterocycles.